The molecular weight excluding hydrogens is 296 g/mol. The Balaban J connectivity index is 0.00000484. The average molecular weight is 328 g/mol. The van der Waals surface area contributed by atoms with Gasteiger partial charge in [-0.3, -0.25) is 9.59 Å². The van der Waals surface area contributed by atoms with Gasteiger partial charge in [0, 0.05) is 31.7 Å². The van der Waals surface area contributed by atoms with Crippen molar-refractivity contribution in [3.63, 3.8) is 0 Å². The molecule has 1 aliphatic rings. The zero-order valence-corrected chi connectivity index (χ0v) is 14.8. The normalized spacial score (nSPS) is 21.4. The zero-order chi connectivity index (χ0) is 16.6. The molecule has 0 aliphatic heterocycles. The smallest absolute Gasteiger partial charge is 0.407 e. The number of carbonyl (C=O) groups is 3. The van der Waals surface area contributed by atoms with Gasteiger partial charge in [-0.2, -0.15) is 0 Å². The number of hydrogen-bond acceptors (Lipinski definition) is 5. The summed E-state index contributed by atoms with van der Waals surface area (Å²) in [6, 6.07) is -0.106. The predicted octanol–water partition coefficient (Wildman–Crippen LogP) is 3.70. The Kier molecular flexibility index (Phi) is 9.72. The molecular formula is C17H32N2O4. The Morgan fingerprint density at radius 1 is 0.957 bits per heavy atom. The Hall–Kier alpha value is -1.43. The maximum absolute atomic E-state index is 11.9. The molecule has 0 saturated heterocycles. The van der Waals surface area contributed by atoms with Crippen molar-refractivity contribution in [2.24, 2.45) is 0 Å². The molecule has 1 rings (SSSR count). The molecule has 1 saturated carbocycles. The zero-order valence-electron chi connectivity index (χ0n) is 14.8. The van der Waals surface area contributed by atoms with E-state index in [0.717, 1.165) is 19.3 Å². The highest BCUT2D eigenvalue weighted by atomic mass is 16.6. The van der Waals surface area contributed by atoms with E-state index in [1.807, 2.05) is 20.8 Å². The highest BCUT2D eigenvalue weighted by Crippen LogP contribution is 2.15. The van der Waals surface area contributed by atoms with Crippen molar-refractivity contribution < 1.29 is 19.1 Å². The minimum Gasteiger partial charge on any atom is -0.444 e. The van der Waals surface area contributed by atoms with Gasteiger partial charge < -0.3 is 16.2 Å². The molecule has 4 N–H and O–H groups in total. The van der Waals surface area contributed by atoms with Gasteiger partial charge in [0.2, 0.25) is 0 Å². The van der Waals surface area contributed by atoms with Gasteiger partial charge in [0.05, 0.1) is 0 Å². The van der Waals surface area contributed by atoms with E-state index in [4.69, 9.17) is 4.74 Å². The lowest BCUT2D eigenvalue weighted by Gasteiger charge is -2.23. The van der Waals surface area contributed by atoms with Crippen LogP contribution in [0.3, 0.4) is 0 Å². The average Bonchev–Trinajstić information content (AvgIpc) is 2.37. The molecule has 0 heterocycles. The van der Waals surface area contributed by atoms with Crippen LogP contribution in [0.25, 0.3) is 0 Å². The molecule has 1 amide bonds. The summed E-state index contributed by atoms with van der Waals surface area (Å²) in [6.07, 6.45) is 5.35. The SMILES string of the molecule is CC(C)(C)OC(=O)NC1CCCC(=O)CCCCC(=O)CC1.N. The first kappa shape index (κ1) is 21.6. The molecule has 1 aliphatic carbocycles. The summed E-state index contributed by atoms with van der Waals surface area (Å²) in [7, 11) is 0. The fourth-order valence-electron chi connectivity index (χ4n) is 2.54. The number of hydrogen-bond donors (Lipinski definition) is 2. The van der Waals surface area contributed by atoms with Crippen LogP contribution in [0, 0.1) is 0 Å². The van der Waals surface area contributed by atoms with Gasteiger partial charge in [0.15, 0.2) is 0 Å². The molecule has 6 heteroatoms. The van der Waals surface area contributed by atoms with E-state index < -0.39 is 11.7 Å². The maximum Gasteiger partial charge on any atom is 0.407 e. The largest absolute Gasteiger partial charge is 0.444 e. The number of amides is 1. The third kappa shape index (κ3) is 10.8. The molecule has 0 aromatic heterocycles. The summed E-state index contributed by atoms with van der Waals surface area (Å²) < 4.78 is 5.26. The standard InChI is InChI=1S/C17H29NO4.H3N/c1-17(2,3)22-16(21)18-13-7-6-10-14(19)8-4-5-9-15(20)12-11-13;/h13H,4-12H2,1-3H3,(H,18,21);1H3. The Morgan fingerprint density at radius 2 is 1.48 bits per heavy atom. The van der Waals surface area contributed by atoms with E-state index in [1.165, 1.54) is 0 Å². The van der Waals surface area contributed by atoms with Gasteiger partial charge in [0.25, 0.3) is 0 Å². The van der Waals surface area contributed by atoms with E-state index in [9.17, 15) is 14.4 Å². The minimum absolute atomic E-state index is 0. The van der Waals surface area contributed by atoms with Gasteiger partial charge in [0.1, 0.15) is 17.2 Å². The number of ether oxygens (including phenoxy) is 1. The number of Topliss-reactive ketones (excluding diaryl/α,β-unsaturated/α-hetero) is 2. The second kappa shape index (κ2) is 10.4. The van der Waals surface area contributed by atoms with E-state index in [1.54, 1.807) is 0 Å². The fourth-order valence-corrected chi connectivity index (χ4v) is 2.54. The van der Waals surface area contributed by atoms with E-state index in [2.05, 4.69) is 5.32 Å². The third-order valence-corrected chi connectivity index (χ3v) is 3.66. The maximum atomic E-state index is 11.9. The van der Waals surface area contributed by atoms with Crippen LogP contribution < -0.4 is 11.5 Å². The van der Waals surface area contributed by atoms with Gasteiger partial charge >= 0.3 is 6.09 Å². The molecule has 0 spiro atoms. The van der Waals surface area contributed by atoms with Crippen molar-refractivity contribution in [2.75, 3.05) is 0 Å². The lowest BCUT2D eigenvalue weighted by molar-refractivity contribution is -0.121. The van der Waals surface area contributed by atoms with Crippen LogP contribution in [-0.2, 0) is 14.3 Å². The first-order valence-corrected chi connectivity index (χ1v) is 8.29. The summed E-state index contributed by atoms with van der Waals surface area (Å²) in [6.45, 7) is 5.45. The van der Waals surface area contributed by atoms with Crippen LogP contribution in [0.2, 0.25) is 0 Å². The number of alkyl carbamates (subject to hydrolysis) is 1. The highest BCUT2D eigenvalue weighted by Gasteiger charge is 2.20. The van der Waals surface area contributed by atoms with Crippen molar-refractivity contribution in [3.8, 4) is 0 Å². The highest BCUT2D eigenvalue weighted by molar-refractivity contribution is 5.79. The van der Waals surface area contributed by atoms with Gasteiger partial charge in [-0.25, -0.2) is 4.79 Å². The summed E-state index contributed by atoms with van der Waals surface area (Å²) in [5, 5.41) is 2.84. The molecule has 1 unspecified atom stereocenters. The van der Waals surface area contributed by atoms with Gasteiger partial charge in [-0.1, -0.05) is 0 Å². The molecule has 6 nitrogen and oxygen atoms in total. The second-order valence-corrected chi connectivity index (χ2v) is 7.06. The molecule has 1 fully saturated rings. The molecule has 23 heavy (non-hydrogen) atoms. The summed E-state index contributed by atoms with van der Waals surface area (Å²) >= 11 is 0. The molecule has 0 aromatic rings. The Labute approximate surface area is 139 Å². The minimum atomic E-state index is -0.540. The second-order valence-electron chi connectivity index (χ2n) is 7.06. The molecule has 1 atom stereocenters. The predicted molar refractivity (Wildman–Crippen MR) is 89.7 cm³/mol. The number of carbonyl (C=O) groups excluding carboxylic acids is 3. The van der Waals surface area contributed by atoms with Crippen LogP contribution in [-0.4, -0.2) is 29.3 Å². The van der Waals surface area contributed by atoms with Crippen molar-refractivity contribution >= 4 is 17.7 Å². The van der Waals surface area contributed by atoms with Crippen molar-refractivity contribution in [3.05, 3.63) is 0 Å². The Morgan fingerprint density at radius 3 is 2.04 bits per heavy atom. The van der Waals surface area contributed by atoms with Gasteiger partial charge in [-0.05, 0) is 52.9 Å². The lowest BCUT2D eigenvalue weighted by Crippen LogP contribution is -2.39. The summed E-state index contributed by atoms with van der Waals surface area (Å²) in [5.74, 6) is 0.466. The summed E-state index contributed by atoms with van der Waals surface area (Å²) in [5.41, 5.74) is -0.540. The monoisotopic (exact) mass is 328 g/mol. The quantitative estimate of drug-likeness (QED) is 0.763. The van der Waals surface area contributed by atoms with Crippen LogP contribution in [0.15, 0.2) is 0 Å². The van der Waals surface area contributed by atoms with E-state index in [0.29, 0.717) is 38.5 Å². The Bertz CT molecular complexity index is 402. The van der Waals surface area contributed by atoms with Crippen molar-refractivity contribution in [1.29, 1.82) is 0 Å². The molecule has 134 valence electrons. The van der Waals surface area contributed by atoms with Crippen molar-refractivity contribution in [1.82, 2.24) is 11.5 Å². The molecule has 0 bridgehead atoms. The topological polar surface area (TPSA) is 107 Å². The molecule has 0 radical (unpaired) electrons. The van der Waals surface area contributed by atoms with Crippen LogP contribution >= 0.6 is 0 Å². The number of rotatable bonds is 1. The number of nitrogens with one attached hydrogen (secondary N) is 1. The summed E-state index contributed by atoms with van der Waals surface area (Å²) in [4.78, 5) is 35.4. The third-order valence-electron chi connectivity index (χ3n) is 3.66. The molecule has 0 aromatic carbocycles. The first-order chi connectivity index (χ1) is 10.3. The fraction of sp³-hybridized carbons (Fsp3) is 0.824. The number of ketones is 2. The van der Waals surface area contributed by atoms with E-state index >= 15 is 0 Å². The first-order valence-electron chi connectivity index (χ1n) is 8.29. The lowest BCUT2D eigenvalue weighted by atomic mass is 9.97. The van der Waals surface area contributed by atoms with Gasteiger partial charge in [-0.15, -0.1) is 0 Å². The van der Waals surface area contributed by atoms with Crippen LogP contribution in [0.4, 0.5) is 4.79 Å². The van der Waals surface area contributed by atoms with E-state index in [-0.39, 0.29) is 23.8 Å². The van der Waals surface area contributed by atoms with Crippen LogP contribution in [0.5, 0.6) is 0 Å². The van der Waals surface area contributed by atoms with Crippen LogP contribution in [0.1, 0.15) is 78.6 Å². The van der Waals surface area contributed by atoms with Crippen molar-refractivity contribution in [2.45, 2.75) is 90.2 Å².